The van der Waals surface area contributed by atoms with Crippen LogP contribution in [0.3, 0.4) is 0 Å². The minimum Gasteiger partial charge on any atom is -0.322 e. The largest absolute Gasteiger partial charge is 0.322 e. The van der Waals surface area contributed by atoms with Crippen molar-refractivity contribution in [1.82, 2.24) is 4.57 Å². The average molecular weight is 462 g/mol. The lowest BCUT2D eigenvalue weighted by Gasteiger charge is -2.31. The van der Waals surface area contributed by atoms with Crippen LogP contribution in [0.2, 0.25) is 10.0 Å². The van der Waals surface area contributed by atoms with Gasteiger partial charge in [-0.2, -0.15) is 0 Å². The molecule has 5 nitrogen and oxygen atoms in total. The van der Waals surface area contributed by atoms with E-state index in [4.69, 9.17) is 23.2 Å². The van der Waals surface area contributed by atoms with Gasteiger partial charge in [-0.1, -0.05) is 41.4 Å². The van der Waals surface area contributed by atoms with Crippen molar-refractivity contribution in [2.24, 2.45) is 0 Å². The summed E-state index contributed by atoms with van der Waals surface area (Å²) < 4.78 is 2.09. The van der Waals surface area contributed by atoms with Crippen LogP contribution in [0, 0.1) is 0 Å². The third kappa shape index (κ3) is 3.55. The molecule has 0 saturated carbocycles. The number of carbonyl (C=O) groups excluding carboxylic acids is 2. The number of amides is 2. The number of rotatable bonds is 3. The molecule has 0 fully saturated rings. The number of nitrogens with one attached hydrogen (secondary N) is 1. The number of nitrogens with zero attached hydrogens (tertiary/aromatic N) is 2. The van der Waals surface area contributed by atoms with Crippen molar-refractivity contribution in [3.63, 3.8) is 0 Å². The zero-order chi connectivity index (χ0) is 22.2. The summed E-state index contributed by atoms with van der Waals surface area (Å²) in [5.41, 5.74) is 4.13. The van der Waals surface area contributed by atoms with Gasteiger partial charge in [-0.15, -0.1) is 0 Å². The first-order chi connectivity index (χ1) is 15.5. The molecule has 4 aromatic rings. The Hall–Kier alpha value is -3.54. The van der Waals surface area contributed by atoms with Crippen LogP contribution in [0.4, 0.5) is 11.4 Å². The van der Waals surface area contributed by atoms with Gasteiger partial charge in [0.05, 0.1) is 33.5 Å². The summed E-state index contributed by atoms with van der Waals surface area (Å²) in [5, 5.41) is 3.32. The van der Waals surface area contributed by atoms with Crippen LogP contribution in [0.1, 0.15) is 26.4 Å². The molecule has 5 rings (SSSR count). The van der Waals surface area contributed by atoms with Crippen LogP contribution in [0.5, 0.6) is 0 Å². The molecule has 1 aliphatic rings. The van der Waals surface area contributed by atoms with Gasteiger partial charge in [0.2, 0.25) is 0 Å². The van der Waals surface area contributed by atoms with Gasteiger partial charge in [0.15, 0.2) is 0 Å². The Labute approximate surface area is 194 Å². The molecule has 1 N–H and O–H groups in total. The van der Waals surface area contributed by atoms with Crippen LogP contribution in [0.15, 0.2) is 85.1 Å². The highest BCUT2D eigenvalue weighted by atomic mass is 35.5. The first-order valence-electron chi connectivity index (χ1n) is 9.96. The molecular weight excluding hydrogens is 445 g/mol. The number of halogens is 2. The SMILES string of the molecule is O=C(Nc1ccc(C(=O)N2Cc3cccn3-c3ccccc32)cc1)c1c(Cl)cccc1Cl. The van der Waals surface area contributed by atoms with E-state index in [2.05, 4.69) is 9.88 Å². The minimum atomic E-state index is -0.412. The fraction of sp³-hybridized carbons (Fsp3) is 0.0400. The molecule has 158 valence electrons. The Kier molecular flexibility index (Phi) is 5.21. The second-order valence-electron chi connectivity index (χ2n) is 7.38. The standard InChI is InChI=1S/C25H17Cl2N3O2/c26-19-6-3-7-20(27)23(19)24(31)28-17-12-10-16(11-13-17)25(32)30-15-18-5-4-14-29(18)21-8-1-2-9-22(21)30/h1-14H,15H2,(H,28,31). The van der Waals surface area contributed by atoms with E-state index in [1.54, 1.807) is 47.4 Å². The van der Waals surface area contributed by atoms with Gasteiger partial charge < -0.3 is 14.8 Å². The van der Waals surface area contributed by atoms with Gasteiger partial charge in [-0.05, 0) is 60.7 Å². The van der Waals surface area contributed by atoms with Crippen molar-refractivity contribution >= 4 is 46.4 Å². The molecule has 0 atom stereocenters. The lowest BCUT2D eigenvalue weighted by Crippen LogP contribution is -2.34. The Morgan fingerprint density at radius 2 is 1.47 bits per heavy atom. The van der Waals surface area contributed by atoms with Gasteiger partial charge in [0.1, 0.15) is 0 Å². The number of benzene rings is 3. The van der Waals surface area contributed by atoms with Crippen LogP contribution in [-0.2, 0) is 6.54 Å². The topological polar surface area (TPSA) is 54.3 Å². The Morgan fingerprint density at radius 3 is 2.19 bits per heavy atom. The van der Waals surface area contributed by atoms with Crippen molar-refractivity contribution in [1.29, 1.82) is 0 Å². The normalized spacial score (nSPS) is 12.1. The maximum absolute atomic E-state index is 13.3. The summed E-state index contributed by atoms with van der Waals surface area (Å²) in [4.78, 5) is 27.7. The number of hydrogen-bond acceptors (Lipinski definition) is 2. The summed E-state index contributed by atoms with van der Waals surface area (Å²) in [6, 6.07) is 23.5. The molecular formula is C25H17Cl2N3O2. The molecule has 0 spiro atoms. The molecule has 1 aliphatic heterocycles. The third-order valence-corrected chi connectivity index (χ3v) is 6.04. The maximum atomic E-state index is 13.3. The molecule has 0 saturated heterocycles. The van der Waals surface area contributed by atoms with Gasteiger partial charge in [0.25, 0.3) is 11.8 Å². The van der Waals surface area contributed by atoms with E-state index in [0.29, 0.717) is 17.8 Å². The Bertz CT molecular complexity index is 1330. The van der Waals surface area contributed by atoms with Crippen LogP contribution >= 0.6 is 23.2 Å². The smallest absolute Gasteiger partial charge is 0.258 e. The van der Waals surface area contributed by atoms with Crippen LogP contribution < -0.4 is 10.2 Å². The van der Waals surface area contributed by atoms with Crippen molar-refractivity contribution in [2.75, 3.05) is 10.2 Å². The first kappa shape index (κ1) is 20.4. The van der Waals surface area contributed by atoms with E-state index in [-0.39, 0.29) is 21.5 Å². The second-order valence-corrected chi connectivity index (χ2v) is 8.19. The molecule has 0 aliphatic carbocycles. The lowest BCUT2D eigenvalue weighted by atomic mass is 10.1. The van der Waals surface area contributed by atoms with Gasteiger partial charge in [-0.3, -0.25) is 9.59 Å². The molecule has 2 amide bonds. The van der Waals surface area contributed by atoms with E-state index < -0.39 is 5.91 Å². The third-order valence-electron chi connectivity index (χ3n) is 5.41. The molecule has 2 heterocycles. The van der Waals surface area contributed by atoms with Crippen LogP contribution in [0.25, 0.3) is 5.69 Å². The summed E-state index contributed by atoms with van der Waals surface area (Å²) in [6.07, 6.45) is 2.00. The number of aromatic nitrogens is 1. The minimum absolute atomic E-state index is 0.114. The zero-order valence-corrected chi connectivity index (χ0v) is 18.3. The second kappa shape index (κ2) is 8.19. The van der Waals surface area contributed by atoms with E-state index in [0.717, 1.165) is 17.1 Å². The molecule has 7 heteroatoms. The predicted octanol–water partition coefficient (Wildman–Crippen LogP) is 6.20. The van der Waals surface area contributed by atoms with E-state index in [1.165, 1.54) is 0 Å². The molecule has 3 aromatic carbocycles. The zero-order valence-electron chi connectivity index (χ0n) is 16.8. The first-order valence-corrected chi connectivity index (χ1v) is 10.7. The van der Waals surface area contributed by atoms with Gasteiger partial charge in [0, 0.05) is 23.1 Å². The predicted molar refractivity (Wildman–Crippen MR) is 127 cm³/mol. The summed E-state index contributed by atoms with van der Waals surface area (Å²) in [6.45, 7) is 0.479. The Balaban J connectivity index is 1.38. The monoisotopic (exact) mass is 461 g/mol. The van der Waals surface area contributed by atoms with Crippen molar-refractivity contribution in [2.45, 2.75) is 6.54 Å². The molecule has 0 radical (unpaired) electrons. The quantitative estimate of drug-likeness (QED) is 0.394. The van der Waals surface area contributed by atoms with E-state index in [9.17, 15) is 9.59 Å². The highest BCUT2D eigenvalue weighted by Gasteiger charge is 2.26. The highest BCUT2D eigenvalue weighted by molar-refractivity contribution is 6.40. The highest BCUT2D eigenvalue weighted by Crippen LogP contribution is 2.33. The average Bonchev–Trinajstić information content (AvgIpc) is 3.27. The van der Waals surface area contributed by atoms with Crippen molar-refractivity contribution in [3.8, 4) is 5.69 Å². The summed E-state index contributed by atoms with van der Waals surface area (Å²) in [7, 11) is 0. The van der Waals surface area contributed by atoms with E-state index in [1.807, 2.05) is 42.6 Å². The maximum Gasteiger partial charge on any atom is 0.258 e. The summed E-state index contributed by atoms with van der Waals surface area (Å²) in [5.74, 6) is -0.526. The molecule has 0 unspecified atom stereocenters. The number of hydrogen-bond donors (Lipinski definition) is 1. The molecule has 32 heavy (non-hydrogen) atoms. The Morgan fingerprint density at radius 1 is 0.781 bits per heavy atom. The van der Waals surface area contributed by atoms with Crippen LogP contribution in [-0.4, -0.2) is 16.4 Å². The molecule has 1 aromatic heterocycles. The van der Waals surface area contributed by atoms with E-state index >= 15 is 0 Å². The number of carbonyl (C=O) groups is 2. The number of fused-ring (bicyclic) bond motifs is 3. The number of anilines is 2. The van der Waals surface area contributed by atoms with Gasteiger partial charge in [-0.25, -0.2) is 0 Å². The number of para-hydroxylation sites is 2. The van der Waals surface area contributed by atoms with Gasteiger partial charge >= 0.3 is 0 Å². The van der Waals surface area contributed by atoms with Crippen molar-refractivity contribution in [3.05, 3.63) is 112 Å². The summed E-state index contributed by atoms with van der Waals surface area (Å²) >= 11 is 12.2. The fourth-order valence-corrected chi connectivity index (χ4v) is 4.43. The lowest BCUT2D eigenvalue weighted by molar-refractivity contribution is 0.0982. The fourth-order valence-electron chi connectivity index (χ4n) is 3.86. The van der Waals surface area contributed by atoms with Crippen molar-refractivity contribution < 1.29 is 9.59 Å². The molecule has 0 bridgehead atoms.